The lowest BCUT2D eigenvalue weighted by Crippen LogP contribution is -2.39. The molecule has 5 heteroatoms. The number of nitrogens with zero attached hydrogens (tertiary/aromatic N) is 2. The Balaban J connectivity index is 1.54. The molecule has 2 aromatic rings. The van der Waals surface area contributed by atoms with E-state index in [0.717, 1.165) is 16.9 Å². The Morgan fingerprint density at radius 2 is 1.71 bits per heavy atom. The Kier molecular flexibility index (Phi) is 6.69. The highest BCUT2D eigenvalue weighted by Gasteiger charge is 2.22. The smallest absolute Gasteiger partial charge is 0.337 e. The minimum atomic E-state index is -0.335. The van der Waals surface area contributed by atoms with Crippen LogP contribution < -0.4 is 4.74 Å². The largest absolute Gasteiger partial charge is 0.489 e. The van der Waals surface area contributed by atoms with Crippen molar-refractivity contribution in [1.29, 1.82) is 0 Å². The predicted octanol–water partition coefficient (Wildman–Crippen LogP) is 4.65. The molecule has 0 unspecified atom stereocenters. The summed E-state index contributed by atoms with van der Waals surface area (Å²) in [5.41, 5.74) is 2.58. The summed E-state index contributed by atoms with van der Waals surface area (Å²) in [5.74, 6) is 0.465. The van der Waals surface area contributed by atoms with Crippen molar-refractivity contribution in [1.82, 2.24) is 5.01 Å². The summed E-state index contributed by atoms with van der Waals surface area (Å²) in [6, 6.07) is 16.1. The van der Waals surface area contributed by atoms with Gasteiger partial charge in [0.2, 0.25) is 0 Å². The molecule has 0 spiro atoms. The van der Waals surface area contributed by atoms with Crippen LogP contribution in [0.15, 0.2) is 53.6 Å². The van der Waals surface area contributed by atoms with E-state index in [4.69, 9.17) is 14.6 Å². The van der Waals surface area contributed by atoms with E-state index in [0.29, 0.717) is 24.3 Å². The van der Waals surface area contributed by atoms with Crippen molar-refractivity contribution >= 4 is 12.2 Å². The van der Waals surface area contributed by atoms with Crippen molar-refractivity contribution in [2.75, 3.05) is 7.11 Å². The normalized spacial score (nSPS) is 19.6. The van der Waals surface area contributed by atoms with Crippen LogP contribution in [0.4, 0.5) is 0 Å². The average Bonchev–Trinajstić information content (AvgIpc) is 2.72. The van der Waals surface area contributed by atoms with E-state index in [1.165, 1.54) is 26.4 Å². The molecule has 5 nitrogen and oxygen atoms in total. The first-order valence-electron chi connectivity index (χ1n) is 9.79. The second-order valence-corrected chi connectivity index (χ2v) is 7.30. The van der Waals surface area contributed by atoms with Gasteiger partial charge in [-0.2, -0.15) is 5.10 Å². The molecule has 0 aromatic heterocycles. The number of hydrogen-bond donors (Lipinski definition) is 0. The third-order valence-corrected chi connectivity index (χ3v) is 5.15. The van der Waals surface area contributed by atoms with Gasteiger partial charge in [0.1, 0.15) is 12.4 Å². The van der Waals surface area contributed by atoms with Crippen LogP contribution in [-0.2, 0) is 11.3 Å². The number of hydrogen-bond acceptors (Lipinski definition) is 5. The Labute approximate surface area is 167 Å². The minimum Gasteiger partial charge on any atom is -0.489 e. The Bertz CT molecular complexity index is 790. The monoisotopic (exact) mass is 380 g/mol. The van der Waals surface area contributed by atoms with Crippen LogP contribution in [0.5, 0.6) is 5.75 Å². The van der Waals surface area contributed by atoms with Gasteiger partial charge in [-0.1, -0.05) is 12.1 Å². The highest BCUT2D eigenvalue weighted by atomic mass is 16.5. The van der Waals surface area contributed by atoms with Gasteiger partial charge in [0, 0.05) is 12.1 Å². The van der Waals surface area contributed by atoms with Crippen LogP contribution in [0.3, 0.4) is 0 Å². The first kappa shape index (κ1) is 19.9. The number of piperidine rings is 1. The molecule has 0 amide bonds. The molecule has 148 valence electrons. The summed E-state index contributed by atoms with van der Waals surface area (Å²) >= 11 is 0. The maximum Gasteiger partial charge on any atom is 0.337 e. The number of methoxy groups -OCH3 is 1. The molecule has 1 saturated heterocycles. The first-order chi connectivity index (χ1) is 13.6. The highest BCUT2D eigenvalue weighted by Crippen LogP contribution is 2.22. The van der Waals surface area contributed by atoms with Gasteiger partial charge in [0.25, 0.3) is 0 Å². The Morgan fingerprint density at radius 3 is 2.32 bits per heavy atom. The molecule has 2 aromatic carbocycles. The van der Waals surface area contributed by atoms with Crippen LogP contribution in [0.25, 0.3) is 0 Å². The fourth-order valence-corrected chi connectivity index (χ4v) is 3.44. The van der Waals surface area contributed by atoms with Crippen molar-refractivity contribution in [3.05, 3.63) is 65.2 Å². The van der Waals surface area contributed by atoms with E-state index >= 15 is 0 Å². The molecule has 0 radical (unpaired) electrons. The maximum absolute atomic E-state index is 11.5. The topological polar surface area (TPSA) is 51.1 Å². The lowest BCUT2D eigenvalue weighted by molar-refractivity contribution is 0.0600. The van der Waals surface area contributed by atoms with Crippen LogP contribution >= 0.6 is 0 Å². The summed E-state index contributed by atoms with van der Waals surface area (Å²) in [6.07, 6.45) is 5.61. The van der Waals surface area contributed by atoms with E-state index in [-0.39, 0.29) is 5.97 Å². The molecule has 2 atom stereocenters. The quantitative estimate of drug-likeness (QED) is 0.541. The van der Waals surface area contributed by atoms with Crippen molar-refractivity contribution in [2.24, 2.45) is 5.10 Å². The zero-order valence-electron chi connectivity index (χ0n) is 16.8. The maximum atomic E-state index is 11.5. The van der Waals surface area contributed by atoms with Crippen molar-refractivity contribution < 1.29 is 14.3 Å². The molecule has 28 heavy (non-hydrogen) atoms. The summed E-state index contributed by atoms with van der Waals surface area (Å²) < 4.78 is 10.5. The molecule has 0 N–H and O–H groups in total. The van der Waals surface area contributed by atoms with Crippen molar-refractivity contribution in [2.45, 2.75) is 51.8 Å². The Morgan fingerprint density at radius 1 is 1.07 bits per heavy atom. The van der Waals surface area contributed by atoms with Crippen LogP contribution in [-0.4, -0.2) is 36.4 Å². The summed E-state index contributed by atoms with van der Waals surface area (Å²) in [6.45, 7) is 4.92. The molecule has 0 saturated carbocycles. The summed E-state index contributed by atoms with van der Waals surface area (Å²) in [4.78, 5) is 11.5. The standard InChI is InChI=1S/C23H28N2O3/c1-17-5-4-6-18(2)25(17)24-15-19-9-13-22(14-10-19)28-16-20-7-11-21(12-8-20)23(26)27-3/h7-15,17-18H,4-6,16H2,1-3H3/b24-15-/t17-,18+. The van der Waals surface area contributed by atoms with Gasteiger partial charge < -0.3 is 9.47 Å². The number of benzene rings is 2. The predicted molar refractivity (Wildman–Crippen MR) is 111 cm³/mol. The van der Waals surface area contributed by atoms with E-state index in [1.807, 2.05) is 42.6 Å². The van der Waals surface area contributed by atoms with Gasteiger partial charge in [0.15, 0.2) is 0 Å². The molecular formula is C23H28N2O3. The fraction of sp³-hybridized carbons (Fsp3) is 0.391. The molecule has 1 aliphatic heterocycles. The van der Waals surface area contributed by atoms with E-state index in [2.05, 4.69) is 18.9 Å². The van der Waals surface area contributed by atoms with Crippen molar-refractivity contribution in [3.8, 4) is 5.75 Å². The number of hydrazone groups is 1. The number of carbonyl (C=O) groups excluding carboxylic acids is 1. The van der Waals surface area contributed by atoms with E-state index in [9.17, 15) is 4.79 Å². The average molecular weight is 380 g/mol. The molecule has 0 bridgehead atoms. The van der Waals surface area contributed by atoms with Gasteiger partial charge >= 0.3 is 5.97 Å². The van der Waals surface area contributed by atoms with Crippen LogP contribution in [0.1, 0.15) is 54.6 Å². The zero-order chi connectivity index (χ0) is 19.9. The summed E-state index contributed by atoms with van der Waals surface area (Å²) in [7, 11) is 1.38. The fourth-order valence-electron chi connectivity index (χ4n) is 3.44. The van der Waals surface area contributed by atoms with Crippen LogP contribution in [0.2, 0.25) is 0 Å². The second-order valence-electron chi connectivity index (χ2n) is 7.30. The molecular weight excluding hydrogens is 352 g/mol. The molecule has 1 aliphatic rings. The lowest BCUT2D eigenvalue weighted by Gasteiger charge is -2.36. The lowest BCUT2D eigenvalue weighted by atomic mass is 10.00. The van der Waals surface area contributed by atoms with Gasteiger partial charge in [-0.3, -0.25) is 5.01 Å². The van der Waals surface area contributed by atoms with E-state index < -0.39 is 0 Å². The zero-order valence-corrected chi connectivity index (χ0v) is 16.8. The number of rotatable bonds is 6. The van der Waals surface area contributed by atoms with Gasteiger partial charge in [0.05, 0.1) is 18.9 Å². The number of carbonyl (C=O) groups is 1. The third kappa shape index (κ3) is 5.12. The third-order valence-electron chi connectivity index (χ3n) is 5.15. The van der Waals surface area contributed by atoms with E-state index in [1.54, 1.807) is 12.1 Å². The van der Waals surface area contributed by atoms with Crippen LogP contribution in [0, 0.1) is 0 Å². The van der Waals surface area contributed by atoms with Gasteiger partial charge in [-0.25, -0.2) is 4.79 Å². The molecule has 3 rings (SSSR count). The minimum absolute atomic E-state index is 0.335. The molecule has 1 heterocycles. The summed E-state index contributed by atoms with van der Waals surface area (Å²) in [5, 5.41) is 6.91. The Hall–Kier alpha value is -2.82. The van der Waals surface area contributed by atoms with Gasteiger partial charge in [-0.15, -0.1) is 0 Å². The highest BCUT2D eigenvalue weighted by molar-refractivity contribution is 5.89. The van der Waals surface area contributed by atoms with Gasteiger partial charge in [-0.05, 0) is 80.6 Å². The first-order valence-corrected chi connectivity index (χ1v) is 9.79. The number of ether oxygens (including phenoxy) is 2. The van der Waals surface area contributed by atoms with Crippen molar-refractivity contribution in [3.63, 3.8) is 0 Å². The molecule has 0 aliphatic carbocycles. The SMILES string of the molecule is COC(=O)c1ccc(COc2ccc(/C=N\N3[C@H](C)CCC[C@@H]3C)cc2)cc1. The molecule has 1 fully saturated rings. The second kappa shape index (κ2) is 9.40. The number of esters is 1.